The molecule has 0 spiro atoms. The summed E-state index contributed by atoms with van der Waals surface area (Å²) >= 11 is 0. The molecule has 0 fully saturated rings. The standard InChI is InChI=1S/C13H18N2O4/c1-8(12(18)9-5-3-2-4-6-9)15-13(19)10(14)7-11(16)17/h2-6,8,10,12,18H,7,14H2,1H3,(H,15,19)(H,16,17)/t8-,10+,12+/m0/s1. The molecule has 0 saturated carbocycles. The predicted octanol–water partition coefficient (Wildman–Crippen LogP) is 0.0267. The zero-order valence-corrected chi connectivity index (χ0v) is 10.6. The van der Waals surface area contributed by atoms with E-state index in [0.29, 0.717) is 5.56 Å². The molecule has 0 unspecified atom stereocenters. The third-order valence-corrected chi connectivity index (χ3v) is 2.72. The molecule has 0 aliphatic rings. The van der Waals surface area contributed by atoms with Gasteiger partial charge in [0.25, 0.3) is 0 Å². The van der Waals surface area contributed by atoms with Crippen LogP contribution in [0.3, 0.4) is 0 Å². The van der Waals surface area contributed by atoms with Crippen molar-refractivity contribution in [2.45, 2.75) is 31.5 Å². The van der Waals surface area contributed by atoms with Crippen LogP contribution in [0.5, 0.6) is 0 Å². The van der Waals surface area contributed by atoms with Crippen LogP contribution in [0.25, 0.3) is 0 Å². The van der Waals surface area contributed by atoms with E-state index in [1.807, 2.05) is 6.07 Å². The second kappa shape index (κ2) is 6.86. The number of aliphatic carboxylic acids is 1. The van der Waals surface area contributed by atoms with E-state index in [2.05, 4.69) is 5.32 Å². The molecule has 1 aromatic carbocycles. The van der Waals surface area contributed by atoms with Gasteiger partial charge in [-0.2, -0.15) is 0 Å². The molecule has 0 aliphatic carbocycles. The summed E-state index contributed by atoms with van der Waals surface area (Å²) in [6.07, 6.45) is -1.32. The number of rotatable bonds is 6. The van der Waals surface area contributed by atoms with Crippen molar-refractivity contribution in [2.24, 2.45) is 5.73 Å². The second-order valence-electron chi connectivity index (χ2n) is 4.36. The molecule has 1 rings (SSSR count). The first-order valence-corrected chi connectivity index (χ1v) is 5.92. The summed E-state index contributed by atoms with van der Waals surface area (Å²) < 4.78 is 0. The van der Waals surface area contributed by atoms with Crippen LogP contribution in [0.4, 0.5) is 0 Å². The largest absolute Gasteiger partial charge is 0.481 e. The van der Waals surface area contributed by atoms with Gasteiger partial charge in [0, 0.05) is 0 Å². The van der Waals surface area contributed by atoms with Gasteiger partial charge in [0.15, 0.2) is 0 Å². The Morgan fingerprint density at radius 2 is 1.89 bits per heavy atom. The molecule has 3 atom stereocenters. The fourth-order valence-corrected chi connectivity index (χ4v) is 1.63. The van der Waals surface area contributed by atoms with Gasteiger partial charge in [-0.15, -0.1) is 0 Å². The van der Waals surface area contributed by atoms with Gasteiger partial charge in [-0.25, -0.2) is 0 Å². The summed E-state index contributed by atoms with van der Waals surface area (Å²) in [5, 5.41) is 21.1. The highest BCUT2D eigenvalue weighted by Gasteiger charge is 2.22. The first kappa shape index (κ1) is 15.1. The smallest absolute Gasteiger partial charge is 0.305 e. The number of aliphatic hydroxyl groups is 1. The molecule has 0 aliphatic heterocycles. The Bertz CT molecular complexity index is 436. The van der Waals surface area contributed by atoms with Crippen molar-refractivity contribution in [3.05, 3.63) is 35.9 Å². The van der Waals surface area contributed by atoms with Crippen molar-refractivity contribution in [1.29, 1.82) is 0 Å². The topological polar surface area (TPSA) is 113 Å². The molecule has 0 radical (unpaired) electrons. The molecule has 1 aromatic rings. The van der Waals surface area contributed by atoms with Gasteiger partial charge in [0.05, 0.1) is 24.6 Å². The lowest BCUT2D eigenvalue weighted by Crippen LogP contribution is -2.47. The van der Waals surface area contributed by atoms with Crippen molar-refractivity contribution < 1.29 is 19.8 Å². The zero-order chi connectivity index (χ0) is 14.4. The molecular formula is C13H18N2O4. The minimum atomic E-state index is -1.14. The van der Waals surface area contributed by atoms with Gasteiger partial charge in [-0.05, 0) is 12.5 Å². The molecule has 5 N–H and O–H groups in total. The van der Waals surface area contributed by atoms with Gasteiger partial charge in [0.2, 0.25) is 5.91 Å². The van der Waals surface area contributed by atoms with Crippen LogP contribution in [-0.2, 0) is 9.59 Å². The van der Waals surface area contributed by atoms with Crippen molar-refractivity contribution in [2.75, 3.05) is 0 Å². The van der Waals surface area contributed by atoms with Crippen LogP contribution in [0.1, 0.15) is 25.0 Å². The lowest BCUT2D eigenvalue weighted by molar-refractivity contribution is -0.139. The molecule has 0 saturated heterocycles. The number of aliphatic hydroxyl groups excluding tert-OH is 1. The lowest BCUT2D eigenvalue weighted by atomic mass is 10.0. The number of carboxylic acid groups (broad SMARTS) is 1. The molecule has 6 heteroatoms. The van der Waals surface area contributed by atoms with Crippen LogP contribution < -0.4 is 11.1 Å². The molecule has 0 heterocycles. The summed E-state index contributed by atoms with van der Waals surface area (Å²) in [5.74, 6) is -1.73. The fourth-order valence-electron chi connectivity index (χ4n) is 1.63. The quantitative estimate of drug-likeness (QED) is 0.580. The van der Waals surface area contributed by atoms with E-state index in [-0.39, 0.29) is 0 Å². The van der Waals surface area contributed by atoms with E-state index < -0.39 is 36.5 Å². The molecule has 104 valence electrons. The SMILES string of the molecule is C[C@H](NC(=O)[C@H](N)CC(=O)O)[C@@H](O)c1ccccc1. The highest BCUT2D eigenvalue weighted by molar-refractivity contribution is 5.86. The van der Waals surface area contributed by atoms with Crippen LogP contribution in [0.15, 0.2) is 30.3 Å². The summed E-state index contributed by atoms with van der Waals surface area (Å²) in [4.78, 5) is 22.1. The highest BCUT2D eigenvalue weighted by atomic mass is 16.4. The number of benzene rings is 1. The Morgan fingerprint density at radius 3 is 2.42 bits per heavy atom. The number of carboxylic acids is 1. The van der Waals surface area contributed by atoms with Crippen molar-refractivity contribution in [1.82, 2.24) is 5.32 Å². The van der Waals surface area contributed by atoms with E-state index in [4.69, 9.17) is 10.8 Å². The third kappa shape index (κ3) is 4.69. The Balaban J connectivity index is 2.57. The van der Waals surface area contributed by atoms with Gasteiger partial charge < -0.3 is 21.3 Å². The van der Waals surface area contributed by atoms with E-state index in [1.165, 1.54) is 0 Å². The minimum absolute atomic E-state index is 0.444. The van der Waals surface area contributed by atoms with Crippen LogP contribution in [0, 0.1) is 0 Å². The summed E-state index contributed by atoms with van der Waals surface area (Å²) in [6.45, 7) is 1.63. The van der Waals surface area contributed by atoms with Crippen molar-refractivity contribution in [3.8, 4) is 0 Å². The molecule has 0 bridgehead atoms. The van der Waals surface area contributed by atoms with Crippen LogP contribution >= 0.6 is 0 Å². The first-order chi connectivity index (χ1) is 8.91. The second-order valence-corrected chi connectivity index (χ2v) is 4.36. The molecule has 6 nitrogen and oxygen atoms in total. The Morgan fingerprint density at radius 1 is 1.32 bits per heavy atom. The van der Waals surface area contributed by atoms with E-state index in [0.717, 1.165) is 0 Å². The summed E-state index contributed by atoms with van der Waals surface area (Å²) in [6, 6.07) is 7.18. The van der Waals surface area contributed by atoms with Crippen LogP contribution in [-0.4, -0.2) is 34.2 Å². The van der Waals surface area contributed by atoms with Crippen LogP contribution in [0.2, 0.25) is 0 Å². The fraction of sp³-hybridized carbons (Fsp3) is 0.385. The maximum absolute atomic E-state index is 11.6. The van der Waals surface area contributed by atoms with E-state index >= 15 is 0 Å². The summed E-state index contributed by atoms with van der Waals surface area (Å²) in [5.41, 5.74) is 6.10. The average Bonchev–Trinajstić information content (AvgIpc) is 2.37. The third-order valence-electron chi connectivity index (χ3n) is 2.72. The average molecular weight is 266 g/mol. The van der Waals surface area contributed by atoms with Gasteiger partial charge in [-0.1, -0.05) is 30.3 Å². The van der Waals surface area contributed by atoms with Crippen molar-refractivity contribution >= 4 is 11.9 Å². The number of nitrogens with one attached hydrogen (secondary N) is 1. The Labute approximate surface area is 111 Å². The lowest BCUT2D eigenvalue weighted by Gasteiger charge is -2.22. The van der Waals surface area contributed by atoms with Gasteiger partial charge in [0.1, 0.15) is 0 Å². The maximum atomic E-state index is 11.6. The normalized spacial score (nSPS) is 15.3. The summed E-state index contributed by atoms with van der Waals surface area (Å²) in [7, 11) is 0. The number of hydrogen-bond donors (Lipinski definition) is 4. The molecule has 1 amide bonds. The number of nitrogens with two attached hydrogens (primary N) is 1. The Kier molecular flexibility index (Phi) is 5.47. The van der Waals surface area contributed by atoms with Crippen molar-refractivity contribution in [3.63, 3.8) is 0 Å². The number of carbonyl (C=O) groups excluding carboxylic acids is 1. The molecular weight excluding hydrogens is 248 g/mol. The molecule has 0 aromatic heterocycles. The number of hydrogen-bond acceptors (Lipinski definition) is 4. The maximum Gasteiger partial charge on any atom is 0.305 e. The minimum Gasteiger partial charge on any atom is -0.481 e. The number of amides is 1. The monoisotopic (exact) mass is 266 g/mol. The zero-order valence-electron chi connectivity index (χ0n) is 10.6. The van der Waals surface area contributed by atoms with Gasteiger partial charge in [-0.3, -0.25) is 9.59 Å². The van der Waals surface area contributed by atoms with E-state index in [9.17, 15) is 14.7 Å². The Hall–Kier alpha value is -1.92. The predicted molar refractivity (Wildman–Crippen MR) is 69.2 cm³/mol. The van der Waals surface area contributed by atoms with Gasteiger partial charge >= 0.3 is 5.97 Å². The molecule has 19 heavy (non-hydrogen) atoms. The van der Waals surface area contributed by atoms with E-state index in [1.54, 1.807) is 31.2 Å². The highest BCUT2D eigenvalue weighted by Crippen LogP contribution is 2.16. The number of carbonyl (C=O) groups is 2. The first-order valence-electron chi connectivity index (χ1n) is 5.92.